The summed E-state index contributed by atoms with van der Waals surface area (Å²) in [5.74, 6) is 0.475. The van der Waals surface area contributed by atoms with Crippen molar-refractivity contribution in [3.05, 3.63) is 33.7 Å². The molecular weight excluding hydrogens is 310 g/mol. The third-order valence-corrected chi connectivity index (χ3v) is 4.11. The van der Waals surface area contributed by atoms with Crippen LogP contribution in [0, 0.1) is 5.92 Å². The number of hydrogen-bond donors (Lipinski definition) is 1. The van der Waals surface area contributed by atoms with E-state index in [0.29, 0.717) is 16.9 Å². The summed E-state index contributed by atoms with van der Waals surface area (Å²) in [5, 5.41) is 7.45. The predicted molar refractivity (Wildman–Crippen MR) is 78.4 cm³/mol. The number of ether oxygens (including phenoxy) is 1. The summed E-state index contributed by atoms with van der Waals surface area (Å²) < 4.78 is 7.25. The molecule has 0 radical (unpaired) electrons. The van der Waals surface area contributed by atoms with E-state index in [0.717, 1.165) is 25.3 Å². The topological polar surface area (TPSA) is 56.1 Å². The first-order valence-corrected chi connectivity index (χ1v) is 7.13. The summed E-state index contributed by atoms with van der Waals surface area (Å²) in [4.78, 5) is 12.0. The monoisotopic (exact) mass is 327 g/mol. The fourth-order valence-electron chi connectivity index (χ4n) is 2.13. The average molecular weight is 328 g/mol. The van der Waals surface area contributed by atoms with Crippen molar-refractivity contribution in [1.29, 1.82) is 0 Å². The van der Waals surface area contributed by atoms with E-state index in [9.17, 15) is 4.79 Å². The van der Waals surface area contributed by atoms with E-state index < -0.39 is 0 Å². The molecule has 1 aliphatic rings. The Balaban J connectivity index is 2.14. The van der Waals surface area contributed by atoms with Gasteiger partial charge in [-0.3, -0.25) is 4.79 Å². The molecule has 1 saturated heterocycles. The molecule has 2 heterocycles. The Morgan fingerprint density at radius 1 is 1.79 bits per heavy atom. The van der Waals surface area contributed by atoms with E-state index in [1.54, 1.807) is 12.3 Å². The highest BCUT2D eigenvalue weighted by Crippen LogP contribution is 2.23. The highest BCUT2D eigenvalue weighted by atomic mass is 79.9. The first-order valence-electron chi connectivity index (χ1n) is 6.34. The second-order valence-electron chi connectivity index (χ2n) is 4.70. The standard InChI is InChI=1S/C13H18BrN3O2/c1-3-5-17-13(18)12(14)11(7-15-17)16-9(2)10-4-6-19-8-10/h3,7,9-10,16H,1,4-6,8H2,2H3. The van der Waals surface area contributed by atoms with Crippen molar-refractivity contribution >= 4 is 21.6 Å². The van der Waals surface area contributed by atoms with E-state index >= 15 is 0 Å². The van der Waals surface area contributed by atoms with Crippen molar-refractivity contribution in [3.63, 3.8) is 0 Å². The lowest BCUT2D eigenvalue weighted by molar-refractivity contribution is 0.183. The molecule has 1 aliphatic heterocycles. The van der Waals surface area contributed by atoms with Gasteiger partial charge in [0.25, 0.3) is 5.56 Å². The van der Waals surface area contributed by atoms with Crippen LogP contribution in [-0.2, 0) is 11.3 Å². The molecule has 0 amide bonds. The zero-order valence-electron chi connectivity index (χ0n) is 10.9. The van der Waals surface area contributed by atoms with Crippen LogP contribution < -0.4 is 10.9 Å². The van der Waals surface area contributed by atoms with Crippen LogP contribution in [-0.4, -0.2) is 29.0 Å². The summed E-state index contributed by atoms with van der Waals surface area (Å²) in [6, 6.07) is 0.246. The van der Waals surface area contributed by atoms with Crippen LogP contribution >= 0.6 is 15.9 Å². The molecule has 0 aliphatic carbocycles. The second kappa shape index (κ2) is 6.34. The van der Waals surface area contributed by atoms with E-state index in [1.807, 2.05) is 0 Å². The Morgan fingerprint density at radius 3 is 3.21 bits per heavy atom. The van der Waals surface area contributed by atoms with E-state index in [2.05, 4.69) is 39.8 Å². The number of anilines is 1. The molecule has 0 bridgehead atoms. The van der Waals surface area contributed by atoms with E-state index in [4.69, 9.17) is 4.74 Å². The fourth-order valence-corrected chi connectivity index (χ4v) is 2.55. The molecule has 1 aromatic heterocycles. The van der Waals surface area contributed by atoms with Crippen LogP contribution in [0.3, 0.4) is 0 Å². The highest BCUT2D eigenvalue weighted by molar-refractivity contribution is 9.10. The molecule has 0 aromatic carbocycles. The van der Waals surface area contributed by atoms with Gasteiger partial charge in [0.1, 0.15) is 4.47 Å². The Labute approximate surface area is 120 Å². The molecule has 104 valence electrons. The Bertz CT molecular complexity index is 509. The SMILES string of the molecule is C=CCn1ncc(NC(C)C2CCOC2)c(Br)c1=O. The number of nitrogens with zero attached hydrogens (tertiary/aromatic N) is 2. The van der Waals surface area contributed by atoms with Crippen molar-refractivity contribution in [2.75, 3.05) is 18.5 Å². The van der Waals surface area contributed by atoms with Crippen molar-refractivity contribution in [3.8, 4) is 0 Å². The molecule has 2 rings (SSSR count). The molecule has 19 heavy (non-hydrogen) atoms. The van der Waals surface area contributed by atoms with Gasteiger partial charge in [-0.05, 0) is 29.3 Å². The minimum absolute atomic E-state index is 0.153. The lowest BCUT2D eigenvalue weighted by atomic mass is 10.0. The molecule has 1 fully saturated rings. The third-order valence-electron chi connectivity index (χ3n) is 3.34. The Kier molecular flexibility index (Phi) is 4.76. The first kappa shape index (κ1) is 14.3. The van der Waals surface area contributed by atoms with E-state index in [-0.39, 0.29) is 11.6 Å². The summed E-state index contributed by atoms with van der Waals surface area (Å²) >= 11 is 3.34. The molecule has 0 spiro atoms. The number of rotatable bonds is 5. The van der Waals surface area contributed by atoms with Gasteiger partial charge in [-0.1, -0.05) is 6.08 Å². The first-order chi connectivity index (χ1) is 9.13. The molecule has 2 atom stereocenters. The van der Waals surface area contributed by atoms with Gasteiger partial charge in [-0.15, -0.1) is 6.58 Å². The Hall–Kier alpha value is -1.14. The van der Waals surface area contributed by atoms with Gasteiger partial charge in [0.15, 0.2) is 0 Å². The number of allylic oxidation sites excluding steroid dienone is 1. The zero-order chi connectivity index (χ0) is 13.8. The predicted octanol–water partition coefficient (Wildman–Crippen LogP) is 2.03. The second-order valence-corrected chi connectivity index (χ2v) is 5.50. The molecular formula is C13H18BrN3O2. The summed E-state index contributed by atoms with van der Waals surface area (Å²) in [6.45, 7) is 7.70. The van der Waals surface area contributed by atoms with Gasteiger partial charge in [0.2, 0.25) is 0 Å². The lowest BCUT2D eigenvalue weighted by Gasteiger charge is -2.21. The zero-order valence-corrected chi connectivity index (χ0v) is 12.5. The van der Waals surface area contributed by atoms with Gasteiger partial charge in [-0.2, -0.15) is 5.10 Å². The van der Waals surface area contributed by atoms with Gasteiger partial charge in [0, 0.05) is 18.6 Å². The van der Waals surface area contributed by atoms with Crippen molar-refractivity contribution in [2.24, 2.45) is 5.92 Å². The van der Waals surface area contributed by atoms with E-state index in [1.165, 1.54) is 4.68 Å². The minimum Gasteiger partial charge on any atom is -0.381 e. The molecule has 1 aromatic rings. The van der Waals surface area contributed by atoms with Crippen LogP contribution in [0.1, 0.15) is 13.3 Å². The average Bonchev–Trinajstić information content (AvgIpc) is 2.92. The summed E-state index contributed by atoms with van der Waals surface area (Å²) in [6.07, 6.45) is 4.36. The maximum atomic E-state index is 12.0. The van der Waals surface area contributed by atoms with Gasteiger partial charge in [-0.25, -0.2) is 4.68 Å². The van der Waals surface area contributed by atoms with Crippen LogP contribution in [0.25, 0.3) is 0 Å². The maximum Gasteiger partial charge on any atom is 0.283 e. The van der Waals surface area contributed by atoms with Crippen LogP contribution in [0.15, 0.2) is 28.1 Å². The number of hydrogen-bond acceptors (Lipinski definition) is 4. The molecule has 6 heteroatoms. The van der Waals surface area contributed by atoms with Gasteiger partial charge >= 0.3 is 0 Å². The van der Waals surface area contributed by atoms with Crippen LogP contribution in [0.2, 0.25) is 0 Å². The largest absolute Gasteiger partial charge is 0.381 e. The third kappa shape index (κ3) is 3.25. The summed E-state index contributed by atoms with van der Waals surface area (Å²) in [7, 11) is 0. The minimum atomic E-state index is -0.153. The summed E-state index contributed by atoms with van der Waals surface area (Å²) in [5.41, 5.74) is 0.574. The number of halogens is 1. The van der Waals surface area contributed by atoms with Gasteiger partial charge in [0.05, 0.1) is 25.0 Å². The number of nitrogens with one attached hydrogen (secondary N) is 1. The molecule has 1 N–H and O–H groups in total. The Morgan fingerprint density at radius 2 is 2.58 bits per heavy atom. The smallest absolute Gasteiger partial charge is 0.283 e. The normalized spacial score (nSPS) is 20.2. The molecule has 0 saturated carbocycles. The fraction of sp³-hybridized carbons (Fsp3) is 0.538. The van der Waals surface area contributed by atoms with Crippen molar-refractivity contribution in [2.45, 2.75) is 25.9 Å². The van der Waals surface area contributed by atoms with Crippen molar-refractivity contribution in [1.82, 2.24) is 9.78 Å². The maximum absolute atomic E-state index is 12.0. The van der Waals surface area contributed by atoms with Crippen molar-refractivity contribution < 1.29 is 4.74 Å². The van der Waals surface area contributed by atoms with Crippen LogP contribution in [0.4, 0.5) is 5.69 Å². The van der Waals surface area contributed by atoms with Gasteiger partial charge < -0.3 is 10.1 Å². The molecule has 5 nitrogen and oxygen atoms in total. The molecule has 2 unspecified atom stereocenters. The highest BCUT2D eigenvalue weighted by Gasteiger charge is 2.23. The lowest BCUT2D eigenvalue weighted by Crippen LogP contribution is -2.29. The quantitative estimate of drug-likeness (QED) is 0.841. The van der Waals surface area contributed by atoms with Crippen LogP contribution in [0.5, 0.6) is 0 Å². The number of aromatic nitrogens is 2.